The number of carbonyl (C=O) groups is 1. The summed E-state index contributed by atoms with van der Waals surface area (Å²) in [5, 5.41) is 3.99. The molecule has 0 atom stereocenters. The molecule has 0 amide bonds. The molecular weight excluding hydrogens is 273 g/mol. The number of ether oxygens (including phenoxy) is 1. The predicted molar refractivity (Wildman–Crippen MR) is 76.7 cm³/mol. The molecule has 0 N–H and O–H groups in total. The minimum atomic E-state index is -1.00. The number of carbonyl (C=O) groups excluding carboxylic acids is 1. The zero-order valence-electron chi connectivity index (χ0n) is 12.1. The smallest absolute Gasteiger partial charge is 0.212 e. The van der Waals surface area contributed by atoms with Crippen LogP contribution in [0.15, 0.2) is 36.9 Å². The molecule has 0 aliphatic carbocycles. The zero-order chi connectivity index (χ0) is 15.5. The molecule has 0 aliphatic rings. The van der Waals surface area contributed by atoms with E-state index in [2.05, 4.69) is 10.1 Å². The number of nitrogens with zero attached hydrogens (tertiary/aromatic N) is 3. The summed E-state index contributed by atoms with van der Waals surface area (Å²) in [7, 11) is 1.47. The maximum absolute atomic E-state index is 13.0. The number of halogens is 1. The van der Waals surface area contributed by atoms with Gasteiger partial charge in [-0.3, -0.25) is 4.79 Å². The van der Waals surface area contributed by atoms with Gasteiger partial charge >= 0.3 is 0 Å². The molecular formula is C15H16FN3O2. The van der Waals surface area contributed by atoms with Crippen LogP contribution in [0.25, 0.3) is 11.8 Å². The fraction of sp³-hybridized carbons (Fsp3) is 0.267. The Bertz CT molecular complexity index is 646. The summed E-state index contributed by atoms with van der Waals surface area (Å²) in [6.07, 6.45) is 4.39. The normalized spacial score (nSPS) is 12.5. The van der Waals surface area contributed by atoms with Crippen LogP contribution in [0, 0.1) is 5.82 Å². The highest BCUT2D eigenvalue weighted by Crippen LogP contribution is 2.20. The summed E-state index contributed by atoms with van der Waals surface area (Å²) >= 11 is 0. The summed E-state index contributed by atoms with van der Waals surface area (Å²) in [6.45, 7) is 3.34. The van der Waals surface area contributed by atoms with Gasteiger partial charge in [0.05, 0.1) is 0 Å². The van der Waals surface area contributed by atoms with Gasteiger partial charge in [-0.05, 0) is 37.6 Å². The summed E-state index contributed by atoms with van der Waals surface area (Å²) in [5.41, 5.74) is -0.0224. The minimum absolute atomic E-state index is 0.250. The van der Waals surface area contributed by atoms with Crippen LogP contribution in [0.5, 0.6) is 0 Å². The molecule has 1 aromatic carbocycles. The van der Waals surface area contributed by atoms with E-state index in [0.29, 0.717) is 11.3 Å². The van der Waals surface area contributed by atoms with Crippen molar-refractivity contribution in [1.29, 1.82) is 0 Å². The molecule has 0 spiro atoms. The largest absolute Gasteiger partial charge is 0.371 e. The van der Waals surface area contributed by atoms with E-state index in [4.69, 9.17) is 4.74 Å². The SMILES string of the molecule is COC(C)(C)C(=O)/C(=C/c1ccc(F)cc1)n1cncn1. The molecule has 2 aromatic rings. The molecule has 0 saturated heterocycles. The summed E-state index contributed by atoms with van der Waals surface area (Å²) < 4.78 is 19.6. The van der Waals surface area contributed by atoms with Gasteiger partial charge in [0, 0.05) is 7.11 Å². The third kappa shape index (κ3) is 3.41. The van der Waals surface area contributed by atoms with E-state index < -0.39 is 5.60 Å². The monoisotopic (exact) mass is 289 g/mol. The molecule has 1 aromatic heterocycles. The first-order chi connectivity index (χ1) is 9.94. The Hall–Kier alpha value is -2.34. The molecule has 21 heavy (non-hydrogen) atoms. The molecule has 0 bridgehead atoms. The van der Waals surface area contributed by atoms with Gasteiger partial charge in [-0.1, -0.05) is 12.1 Å². The zero-order valence-corrected chi connectivity index (χ0v) is 12.1. The van der Waals surface area contributed by atoms with E-state index in [1.165, 1.54) is 36.6 Å². The van der Waals surface area contributed by atoms with E-state index in [0.717, 1.165) is 0 Å². The van der Waals surface area contributed by atoms with Crippen LogP contribution in [0.4, 0.5) is 4.39 Å². The summed E-state index contributed by atoms with van der Waals surface area (Å²) in [5.74, 6) is -0.585. The van der Waals surface area contributed by atoms with Gasteiger partial charge in [-0.2, -0.15) is 5.10 Å². The second-order valence-electron chi connectivity index (χ2n) is 4.96. The summed E-state index contributed by atoms with van der Waals surface area (Å²) in [6, 6.07) is 5.83. The van der Waals surface area contributed by atoms with Gasteiger partial charge in [0.15, 0.2) is 0 Å². The lowest BCUT2D eigenvalue weighted by Crippen LogP contribution is -2.35. The van der Waals surface area contributed by atoms with Crippen molar-refractivity contribution in [2.24, 2.45) is 0 Å². The molecule has 2 rings (SSSR count). The molecule has 0 unspecified atom stereocenters. The van der Waals surface area contributed by atoms with Gasteiger partial charge in [0.1, 0.15) is 29.8 Å². The van der Waals surface area contributed by atoms with Crippen molar-refractivity contribution < 1.29 is 13.9 Å². The second kappa shape index (κ2) is 5.97. The Morgan fingerprint density at radius 3 is 2.52 bits per heavy atom. The van der Waals surface area contributed by atoms with Crippen molar-refractivity contribution in [3.8, 4) is 0 Å². The number of hydrogen-bond donors (Lipinski definition) is 0. The first kappa shape index (κ1) is 15.1. The van der Waals surface area contributed by atoms with Crippen molar-refractivity contribution >= 4 is 17.6 Å². The molecule has 1 heterocycles. The number of rotatable bonds is 5. The minimum Gasteiger partial charge on any atom is -0.371 e. The fourth-order valence-electron chi connectivity index (χ4n) is 1.69. The van der Waals surface area contributed by atoms with Gasteiger partial charge in [-0.25, -0.2) is 14.1 Å². The quantitative estimate of drug-likeness (QED) is 0.793. The Morgan fingerprint density at radius 1 is 1.33 bits per heavy atom. The Morgan fingerprint density at radius 2 is 2.00 bits per heavy atom. The highest BCUT2D eigenvalue weighted by Gasteiger charge is 2.31. The topological polar surface area (TPSA) is 57.0 Å². The Labute approximate surface area is 122 Å². The second-order valence-corrected chi connectivity index (χ2v) is 4.96. The number of ketones is 1. The Balaban J connectivity index is 2.47. The van der Waals surface area contributed by atoms with Crippen molar-refractivity contribution in [3.05, 3.63) is 48.3 Å². The van der Waals surface area contributed by atoms with E-state index >= 15 is 0 Å². The number of benzene rings is 1. The standard InChI is InChI=1S/C15H16FN3O2/c1-15(2,21-3)14(20)13(19-10-17-9-18-19)8-11-4-6-12(16)7-5-11/h4-10H,1-3H3/b13-8-. The number of aromatic nitrogens is 3. The highest BCUT2D eigenvalue weighted by molar-refractivity contribution is 6.23. The summed E-state index contributed by atoms with van der Waals surface area (Å²) in [4.78, 5) is 16.5. The highest BCUT2D eigenvalue weighted by atomic mass is 19.1. The van der Waals surface area contributed by atoms with Crippen LogP contribution < -0.4 is 0 Å². The van der Waals surface area contributed by atoms with Gasteiger partial charge in [-0.15, -0.1) is 0 Å². The molecule has 0 aliphatic heterocycles. The molecule has 5 nitrogen and oxygen atoms in total. The van der Waals surface area contributed by atoms with Crippen LogP contribution in [-0.2, 0) is 9.53 Å². The molecule has 110 valence electrons. The third-order valence-electron chi connectivity index (χ3n) is 3.13. The van der Waals surface area contributed by atoms with E-state index in [1.807, 2.05) is 0 Å². The average Bonchev–Trinajstić information content (AvgIpc) is 3.00. The maximum Gasteiger partial charge on any atom is 0.212 e. The Kier molecular flexibility index (Phi) is 4.28. The van der Waals surface area contributed by atoms with Crippen molar-refractivity contribution in [2.45, 2.75) is 19.4 Å². The maximum atomic E-state index is 13.0. The fourth-order valence-corrected chi connectivity index (χ4v) is 1.69. The molecule has 0 saturated carbocycles. The van der Waals surface area contributed by atoms with Crippen LogP contribution >= 0.6 is 0 Å². The predicted octanol–water partition coefficient (Wildman–Crippen LogP) is 2.41. The molecule has 0 fully saturated rings. The van der Waals surface area contributed by atoms with Crippen molar-refractivity contribution in [3.63, 3.8) is 0 Å². The number of Topliss-reactive ketones (excluding diaryl/α,β-unsaturated/α-hetero) is 1. The van der Waals surface area contributed by atoms with Gasteiger partial charge in [0.2, 0.25) is 5.78 Å². The lowest BCUT2D eigenvalue weighted by atomic mass is 9.99. The first-order valence-corrected chi connectivity index (χ1v) is 6.36. The van der Waals surface area contributed by atoms with E-state index in [9.17, 15) is 9.18 Å². The average molecular weight is 289 g/mol. The van der Waals surface area contributed by atoms with Crippen LogP contribution in [0.1, 0.15) is 19.4 Å². The van der Waals surface area contributed by atoms with Crippen molar-refractivity contribution in [1.82, 2.24) is 14.8 Å². The van der Waals surface area contributed by atoms with E-state index in [-0.39, 0.29) is 11.6 Å². The van der Waals surface area contributed by atoms with Crippen LogP contribution in [0.3, 0.4) is 0 Å². The number of hydrogen-bond acceptors (Lipinski definition) is 4. The van der Waals surface area contributed by atoms with E-state index in [1.54, 1.807) is 32.1 Å². The number of methoxy groups -OCH3 is 1. The van der Waals surface area contributed by atoms with Crippen molar-refractivity contribution in [2.75, 3.05) is 7.11 Å². The lowest BCUT2D eigenvalue weighted by molar-refractivity contribution is -0.131. The lowest BCUT2D eigenvalue weighted by Gasteiger charge is -2.22. The third-order valence-corrected chi connectivity index (χ3v) is 3.13. The van der Waals surface area contributed by atoms with Gasteiger partial charge in [0.25, 0.3) is 0 Å². The first-order valence-electron chi connectivity index (χ1n) is 6.36. The molecule has 6 heteroatoms. The van der Waals surface area contributed by atoms with Crippen LogP contribution in [0.2, 0.25) is 0 Å². The molecule has 0 radical (unpaired) electrons. The van der Waals surface area contributed by atoms with Crippen LogP contribution in [-0.4, -0.2) is 33.3 Å². The van der Waals surface area contributed by atoms with Gasteiger partial charge < -0.3 is 4.74 Å².